The van der Waals surface area contributed by atoms with Gasteiger partial charge in [-0.25, -0.2) is 9.18 Å². The molecule has 9 nitrogen and oxygen atoms in total. The Kier molecular flexibility index (Phi) is 16.9. The van der Waals surface area contributed by atoms with Crippen molar-refractivity contribution in [3.8, 4) is 0 Å². The smallest absolute Gasteiger partial charge is 0.328 e. The fraction of sp³-hybridized carbons (Fsp3) is 0.688. The number of ether oxygens (including phenoxy) is 2. The van der Waals surface area contributed by atoms with Gasteiger partial charge in [-0.1, -0.05) is 32.5 Å². The summed E-state index contributed by atoms with van der Waals surface area (Å²) in [5, 5.41) is 14.0. The molecular weight excluding hydrogens is 381 g/mol. The lowest BCUT2D eigenvalue weighted by atomic mass is 10.2. The highest BCUT2D eigenvalue weighted by Gasteiger charge is 2.28. The van der Waals surface area contributed by atoms with Crippen LogP contribution in [0.3, 0.4) is 0 Å². The number of aliphatic hydroxyl groups is 2. The number of carbonyl (C=O) groups is 1. The average molecular weight is 411 g/mol. The predicted molar refractivity (Wildman–Crippen MR) is 101 cm³/mol. The molecule has 0 spiro atoms. The number of hydrogen-bond donors (Lipinski definition) is 4. The maximum Gasteiger partial charge on any atom is 0.328 e. The molecule has 2 unspecified atom stereocenters. The Labute approximate surface area is 162 Å². The molecule has 1 aromatic heterocycles. The second kappa shape index (κ2) is 16.5. The van der Waals surface area contributed by atoms with Crippen LogP contribution in [0.25, 0.3) is 0 Å². The van der Waals surface area contributed by atoms with E-state index in [4.69, 9.17) is 25.4 Å². The third kappa shape index (κ3) is 10.3. The first-order chi connectivity index (χ1) is 12.9. The van der Waals surface area contributed by atoms with Crippen LogP contribution in [0.2, 0.25) is 0 Å². The van der Waals surface area contributed by atoms with Gasteiger partial charge in [-0.2, -0.15) is 0 Å². The second-order valence-electron chi connectivity index (χ2n) is 5.03. The van der Waals surface area contributed by atoms with Crippen LogP contribution < -0.4 is 11.4 Å². The Hall–Kier alpha value is -1.66. The van der Waals surface area contributed by atoms with Crippen molar-refractivity contribution >= 4 is 18.2 Å². The number of halogens is 1. The fourth-order valence-corrected chi connectivity index (χ4v) is 2.07. The summed E-state index contributed by atoms with van der Waals surface area (Å²) in [7, 11) is 2.00. The number of aromatic amines is 1. The normalized spacial score (nSPS) is 17.3. The molecular formula is C16H30FN3O6S. The van der Waals surface area contributed by atoms with E-state index >= 15 is 0 Å². The number of hydrogen-bond acceptors (Lipinski definition) is 8. The summed E-state index contributed by atoms with van der Waals surface area (Å²) in [6, 6.07) is 0. The molecule has 0 aromatic carbocycles. The van der Waals surface area contributed by atoms with Gasteiger partial charge in [0.05, 0.1) is 18.8 Å². The lowest BCUT2D eigenvalue weighted by Crippen LogP contribution is -2.28. The molecule has 0 radical (unpaired) electrons. The molecule has 0 amide bonds. The highest BCUT2D eigenvalue weighted by atomic mass is 32.1. The van der Waals surface area contributed by atoms with E-state index < -0.39 is 23.7 Å². The van der Waals surface area contributed by atoms with E-state index in [-0.39, 0.29) is 23.9 Å². The van der Waals surface area contributed by atoms with Crippen molar-refractivity contribution in [1.82, 2.24) is 9.55 Å². The summed E-state index contributed by atoms with van der Waals surface area (Å²) in [6.45, 7) is 4.11. The van der Waals surface area contributed by atoms with E-state index in [0.29, 0.717) is 12.8 Å². The van der Waals surface area contributed by atoms with Crippen molar-refractivity contribution in [1.29, 1.82) is 0 Å². The van der Waals surface area contributed by atoms with Gasteiger partial charge in [0.2, 0.25) is 0 Å². The number of rotatable bonds is 4. The molecule has 0 aliphatic carbocycles. The summed E-state index contributed by atoms with van der Waals surface area (Å²) in [6.07, 6.45) is 2.42. The van der Waals surface area contributed by atoms with Crippen LogP contribution in [0.4, 0.5) is 4.39 Å². The number of H-pyrrole nitrogens is 1. The van der Waals surface area contributed by atoms with Crippen molar-refractivity contribution < 1.29 is 28.9 Å². The zero-order chi connectivity index (χ0) is 21.4. The number of nitrogens with zero attached hydrogens (tertiary/aromatic N) is 1. The molecule has 2 rings (SSSR count). The van der Waals surface area contributed by atoms with Gasteiger partial charge in [0, 0.05) is 14.2 Å². The molecule has 158 valence electrons. The molecule has 1 aromatic rings. The highest BCUT2D eigenvalue weighted by Crippen LogP contribution is 2.27. The Bertz CT molecular complexity index is 637. The average Bonchev–Trinajstić information content (AvgIpc) is 3.15. The van der Waals surface area contributed by atoms with E-state index in [1.165, 1.54) is 6.42 Å². The molecule has 5 N–H and O–H groups in total. The zero-order valence-electron chi connectivity index (χ0n) is 16.1. The summed E-state index contributed by atoms with van der Waals surface area (Å²) in [4.78, 5) is 24.8. The van der Waals surface area contributed by atoms with Crippen molar-refractivity contribution in [2.75, 3.05) is 27.4 Å². The van der Waals surface area contributed by atoms with Crippen molar-refractivity contribution in [3.63, 3.8) is 0 Å². The first-order valence-corrected chi connectivity index (χ1v) is 8.75. The molecule has 1 fully saturated rings. The third-order valence-corrected chi connectivity index (χ3v) is 3.21. The number of carbonyl (C=O) groups excluding carboxylic acids is 1. The second-order valence-corrected chi connectivity index (χ2v) is 5.44. The lowest BCUT2D eigenvalue weighted by molar-refractivity contribution is -0.146. The first-order valence-electron chi connectivity index (χ1n) is 8.34. The summed E-state index contributed by atoms with van der Waals surface area (Å²) in [5.41, 5.74) is 4.57. The summed E-state index contributed by atoms with van der Waals surface area (Å²) in [5.74, 6) is -1.22. The summed E-state index contributed by atoms with van der Waals surface area (Å²) < 4.78 is 24.6. The molecule has 1 saturated heterocycles. The van der Waals surface area contributed by atoms with E-state index in [9.17, 15) is 14.0 Å². The number of nitrogens with one attached hydrogen (secondary N) is 1. The van der Waals surface area contributed by atoms with E-state index in [2.05, 4.69) is 31.0 Å². The number of aromatic nitrogens is 2. The number of nitrogens with two attached hydrogens (primary N) is 1. The van der Waals surface area contributed by atoms with Crippen LogP contribution in [0, 0.1) is 10.5 Å². The summed E-state index contributed by atoms with van der Waals surface area (Å²) >= 11 is 4.63. The van der Waals surface area contributed by atoms with Crippen LogP contribution >= 0.6 is 12.2 Å². The van der Waals surface area contributed by atoms with Crippen LogP contribution in [-0.4, -0.2) is 59.2 Å². The minimum atomic E-state index is -0.693. The van der Waals surface area contributed by atoms with Gasteiger partial charge in [0.15, 0.2) is 5.82 Å². The monoisotopic (exact) mass is 411 g/mol. The lowest BCUT2D eigenvalue weighted by Gasteiger charge is -2.15. The van der Waals surface area contributed by atoms with Crippen LogP contribution in [0.15, 0.2) is 11.0 Å². The third-order valence-electron chi connectivity index (χ3n) is 2.92. The van der Waals surface area contributed by atoms with Gasteiger partial charge >= 0.3 is 11.7 Å². The minimum absolute atomic E-state index is 0.0621. The highest BCUT2D eigenvalue weighted by molar-refractivity contribution is 7.71. The maximum atomic E-state index is 13.4. The molecule has 11 heteroatoms. The van der Waals surface area contributed by atoms with Gasteiger partial charge in [-0.05, 0) is 12.8 Å². The molecule has 0 bridgehead atoms. The fourth-order valence-electron chi connectivity index (χ4n) is 1.93. The van der Waals surface area contributed by atoms with Crippen LogP contribution in [-0.2, 0) is 14.3 Å². The zero-order valence-corrected chi connectivity index (χ0v) is 16.9. The molecule has 1 aliphatic heterocycles. The van der Waals surface area contributed by atoms with E-state index in [1.54, 1.807) is 0 Å². The largest absolute Gasteiger partial charge is 0.462 e. The van der Waals surface area contributed by atoms with Crippen molar-refractivity contribution in [3.05, 3.63) is 27.1 Å². The molecule has 2 heterocycles. The van der Waals surface area contributed by atoms with Gasteiger partial charge < -0.3 is 25.4 Å². The predicted octanol–water partition coefficient (Wildman–Crippen LogP) is 0.858. The standard InChI is InChI=1S/C11H14FN3O4S.C3H8.2CH4O/c12-7-4-15(11(17)14-10(7)20)8-2-1-6(19-8)5-18-9(16)3-13;1-3-2;2*1-2/h4,6,8H,1-3,5,13H2,(H,14,17,20);3H2,1-2H3;2*2H,1H3. The number of esters is 1. The van der Waals surface area contributed by atoms with Gasteiger partial charge in [-0.15, -0.1) is 0 Å². The quantitative estimate of drug-likeness (QED) is 0.422. The van der Waals surface area contributed by atoms with E-state index in [1.807, 2.05) is 0 Å². The van der Waals surface area contributed by atoms with Gasteiger partial charge in [0.1, 0.15) is 17.5 Å². The van der Waals surface area contributed by atoms with Crippen LogP contribution in [0.1, 0.15) is 39.3 Å². The Balaban J connectivity index is 0. The molecule has 27 heavy (non-hydrogen) atoms. The minimum Gasteiger partial charge on any atom is -0.462 e. The Morgan fingerprint density at radius 2 is 1.96 bits per heavy atom. The Morgan fingerprint density at radius 3 is 2.48 bits per heavy atom. The van der Waals surface area contributed by atoms with Crippen molar-refractivity contribution in [2.45, 2.75) is 45.4 Å². The first kappa shape index (κ1) is 27.6. The molecule has 2 atom stereocenters. The van der Waals surface area contributed by atoms with Crippen LogP contribution in [0.5, 0.6) is 0 Å². The molecule has 0 saturated carbocycles. The van der Waals surface area contributed by atoms with Crippen molar-refractivity contribution in [2.24, 2.45) is 5.73 Å². The number of aliphatic hydroxyl groups excluding tert-OH is 2. The SMILES string of the molecule is CCC.CO.CO.NCC(=O)OCC1CCC(n2cc(F)c(=S)[nH]c2=O)O1. The Morgan fingerprint density at radius 1 is 1.41 bits per heavy atom. The van der Waals surface area contributed by atoms with Gasteiger partial charge in [-0.3, -0.25) is 14.3 Å². The van der Waals surface area contributed by atoms with E-state index in [0.717, 1.165) is 25.0 Å². The maximum absolute atomic E-state index is 13.4. The molecule has 1 aliphatic rings. The van der Waals surface area contributed by atoms with Gasteiger partial charge in [0.25, 0.3) is 0 Å². The topological polar surface area (TPSA) is 140 Å².